The van der Waals surface area contributed by atoms with E-state index >= 15 is 0 Å². The molecule has 0 saturated heterocycles. The minimum Gasteiger partial charge on any atom is -0.507 e. The van der Waals surface area contributed by atoms with Crippen LogP contribution in [0.25, 0.3) is 0 Å². The summed E-state index contributed by atoms with van der Waals surface area (Å²) in [4.78, 5) is 10.7. The first-order chi connectivity index (χ1) is 7.45. The number of carboxylic acid groups (broad SMARTS) is 1. The van der Waals surface area contributed by atoms with Crippen molar-refractivity contribution in [1.82, 2.24) is 0 Å². The van der Waals surface area contributed by atoms with Gasteiger partial charge in [0.2, 0.25) is 0 Å². The van der Waals surface area contributed by atoms with Gasteiger partial charge in [-0.25, -0.2) is 0 Å². The molecule has 0 radical (unpaired) electrons. The van der Waals surface area contributed by atoms with E-state index in [1.165, 1.54) is 0 Å². The average molecular weight is 288 g/mol. The SMILES string of the molecule is Cc1cc(Br)c(O)cc1C(CN)CC(=O)O. The van der Waals surface area contributed by atoms with Crippen LogP contribution in [-0.2, 0) is 4.79 Å². The van der Waals surface area contributed by atoms with Crippen molar-refractivity contribution in [1.29, 1.82) is 0 Å². The number of phenolic OH excluding ortho intramolecular Hbond substituents is 1. The smallest absolute Gasteiger partial charge is 0.304 e. The highest BCUT2D eigenvalue weighted by molar-refractivity contribution is 9.10. The lowest BCUT2D eigenvalue weighted by Gasteiger charge is -2.16. The van der Waals surface area contributed by atoms with Crippen molar-refractivity contribution in [2.45, 2.75) is 19.3 Å². The molecule has 0 aliphatic carbocycles. The minimum absolute atomic E-state index is 0.0294. The summed E-state index contributed by atoms with van der Waals surface area (Å²) in [5.74, 6) is -1.06. The number of carboxylic acids is 1. The molecule has 16 heavy (non-hydrogen) atoms. The molecular weight excluding hydrogens is 274 g/mol. The van der Waals surface area contributed by atoms with Crippen LogP contribution in [-0.4, -0.2) is 22.7 Å². The zero-order chi connectivity index (χ0) is 12.3. The molecule has 1 atom stereocenters. The Hall–Kier alpha value is -1.07. The fraction of sp³-hybridized carbons (Fsp3) is 0.364. The van der Waals surface area contributed by atoms with Gasteiger partial charge in [0.1, 0.15) is 5.75 Å². The molecule has 0 spiro atoms. The molecule has 4 N–H and O–H groups in total. The van der Waals surface area contributed by atoms with Crippen LogP contribution in [0.1, 0.15) is 23.5 Å². The third-order valence-corrected chi connectivity index (χ3v) is 3.12. The average Bonchev–Trinajstić information content (AvgIpc) is 2.20. The van der Waals surface area contributed by atoms with E-state index in [-0.39, 0.29) is 24.6 Å². The molecule has 1 aromatic carbocycles. The van der Waals surface area contributed by atoms with Crippen molar-refractivity contribution >= 4 is 21.9 Å². The van der Waals surface area contributed by atoms with Crippen molar-refractivity contribution in [3.05, 3.63) is 27.7 Å². The zero-order valence-corrected chi connectivity index (χ0v) is 10.5. The number of hydrogen-bond donors (Lipinski definition) is 3. The van der Waals surface area contributed by atoms with Gasteiger partial charge in [-0.1, -0.05) is 0 Å². The van der Waals surface area contributed by atoms with Gasteiger partial charge in [0, 0.05) is 5.92 Å². The van der Waals surface area contributed by atoms with E-state index < -0.39 is 5.97 Å². The summed E-state index contributed by atoms with van der Waals surface area (Å²) in [5, 5.41) is 18.3. The third-order valence-electron chi connectivity index (χ3n) is 2.48. The summed E-state index contributed by atoms with van der Waals surface area (Å²) in [6, 6.07) is 3.33. The fourth-order valence-corrected chi connectivity index (χ4v) is 2.11. The molecule has 0 fully saturated rings. The van der Waals surface area contributed by atoms with Crippen LogP contribution in [0, 0.1) is 6.92 Å². The second-order valence-corrected chi connectivity index (χ2v) is 4.55. The molecule has 0 amide bonds. The molecule has 1 aromatic rings. The predicted octanol–water partition coefficient (Wildman–Crippen LogP) is 1.98. The highest BCUT2D eigenvalue weighted by Gasteiger charge is 2.17. The van der Waals surface area contributed by atoms with Gasteiger partial charge < -0.3 is 15.9 Å². The first-order valence-electron chi connectivity index (χ1n) is 4.86. The van der Waals surface area contributed by atoms with Gasteiger partial charge in [-0.3, -0.25) is 4.79 Å². The van der Waals surface area contributed by atoms with Crippen LogP contribution in [0.4, 0.5) is 0 Å². The normalized spacial score (nSPS) is 12.4. The molecule has 5 heteroatoms. The van der Waals surface area contributed by atoms with Gasteiger partial charge in [0.15, 0.2) is 0 Å². The van der Waals surface area contributed by atoms with E-state index in [1.54, 1.807) is 12.1 Å². The lowest BCUT2D eigenvalue weighted by Crippen LogP contribution is -2.17. The van der Waals surface area contributed by atoms with Crippen molar-refractivity contribution in [2.24, 2.45) is 5.73 Å². The van der Waals surface area contributed by atoms with E-state index in [2.05, 4.69) is 15.9 Å². The van der Waals surface area contributed by atoms with Gasteiger partial charge in [0.25, 0.3) is 0 Å². The summed E-state index contributed by atoms with van der Waals surface area (Å²) in [6.45, 7) is 2.11. The van der Waals surface area contributed by atoms with E-state index in [4.69, 9.17) is 10.8 Å². The van der Waals surface area contributed by atoms with E-state index in [9.17, 15) is 9.90 Å². The van der Waals surface area contributed by atoms with Crippen LogP contribution >= 0.6 is 15.9 Å². The predicted molar refractivity (Wildman–Crippen MR) is 64.6 cm³/mol. The Morgan fingerprint density at radius 3 is 2.69 bits per heavy atom. The molecule has 1 rings (SSSR count). The molecule has 0 heterocycles. The highest BCUT2D eigenvalue weighted by Crippen LogP contribution is 2.32. The van der Waals surface area contributed by atoms with E-state index in [0.29, 0.717) is 4.47 Å². The van der Waals surface area contributed by atoms with Gasteiger partial charge in [0.05, 0.1) is 10.9 Å². The van der Waals surface area contributed by atoms with Gasteiger partial charge in [-0.15, -0.1) is 0 Å². The number of aryl methyl sites for hydroxylation is 1. The molecule has 88 valence electrons. The Morgan fingerprint density at radius 1 is 1.56 bits per heavy atom. The summed E-state index contributed by atoms with van der Waals surface area (Å²) in [7, 11) is 0. The van der Waals surface area contributed by atoms with Gasteiger partial charge >= 0.3 is 5.97 Å². The lowest BCUT2D eigenvalue weighted by molar-refractivity contribution is -0.137. The Morgan fingerprint density at radius 2 is 2.19 bits per heavy atom. The second-order valence-electron chi connectivity index (χ2n) is 3.69. The third kappa shape index (κ3) is 2.96. The summed E-state index contributed by atoms with van der Waals surface area (Å²) < 4.78 is 0.597. The number of aliphatic carboxylic acids is 1. The largest absolute Gasteiger partial charge is 0.507 e. The first-order valence-corrected chi connectivity index (χ1v) is 5.65. The Kier molecular flexibility index (Phi) is 4.32. The highest BCUT2D eigenvalue weighted by atomic mass is 79.9. The van der Waals surface area contributed by atoms with Crippen LogP contribution in [0.5, 0.6) is 5.75 Å². The number of rotatable bonds is 4. The fourth-order valence-electron chi connectivity index (χ4n) is 1.65. The molecule has 4 nitrogen and oxygen atoms in total. The number of phenols is 1. The van der Waals surface area contributed by atoms with E-state index in [1.807, 2.05) is 6.92 Å². The maximum Gasteiger partial charge on any atom is 0.304 e. The number of carbonyl (C=O) groups is 1. The molecule has 0 bridgehead atoms. The summed E-state index contributed by atoms with van der Waals surface area (Å²) in [6.07, 6.45) is -0.0294. The molecule has 0 saturated carbocycles. The number of aromatic hydroxyl groups is 1. The molecule has 0 aliphatic heterocycles. The minimum atomic E-state index is -0.891. The lowest BCUT2D eigenvalue weighted by atomic mass is 9.92. The van der Waals surface area contributed by atoms with Crippen molar-refractivity contribution in [3.8, 4) is 5.75 Å². The monoisotopic (exact) mass is 287 g/mol. The first kappa shape index (κ1) is 13.0. The maximum atomic E-state index is 10.7. The number of halogens is 1. The Balaban J connectivity index is 3.09. The molecule has 1 unspecified atom stereocenters. The summed E-state index contributed by atoms with van der Waals surface area (Å²) in [5.41, 5.74) is 7.25. The van der Waals surface area contributed by atoms with Crippen molar-refractivity contribution in [2.75, 3.05) is 6.54 Å². The molecule has 0 aliphatic rings. The van der Waals surface area contributed by atoms with Crippen molar-refractivity contribution < 1.29 is 15.0 Å². The topological polar surface area (TPSA) is 83.5 Å². The molecular formula is C11H14BrNO3. The standard InChI is InChI=1S/C11H14BrNO3/c1-6-2-9(12)10(14)4-8(6)7(5-13)3-11(15)16/h2,4,7,14H,3,5,13H2,1H3,(H,15,16). The van der Waals surface area contributed by atoms with Crippen LogP contribution in [0.15, 0.2) is 16.6 Å². The Bertz CT molecular complexity index is 406. The van der Waals surface area contributed by atoms with Crippen molar-refractivity contribution in [3.63, 3.8) is 0 Å². The quantitative estimate of drug-likeness (QED) is 0.791. The van der Waals surface area contributed by atoms with Gasteiger partial charge in [-0.05, 0) is 52.7 Å². The van der Waals surface area contributed by atoms with Gasteiger partial charge in [-0.2, -0.15) is 0 Å². The van der Waals surface area contributed by atoms with Crippen LogP contribution < -0.4 is 5.73 Å². The second kappa shape index (κ2) is 5.32. The van der Waals surface area contributed by atoms with E-state index in [0.717, 1.165) is 11.1 Å². The van der Waals surface area contributed by atoms with Crippen LogP contribution in [0.3, 0.4) is 0 Å². The number of nitrogens with two attached hydrogens (primary N) is 1. The zero-order valence-electron chi connectivity index (χ0n) is 8.90. The summed E-state index contributed by atoms with van der Waals surface area (Å²) >= 11 is 3.20. The Labute approximate surface area is 102 Å². The van der Waals surface area contributed by atoms with Crippen LogP contribution in [0.2, 0.25) is 0 Å². The maximum absolute atomic E-state index is 10.7. The number of benzene rings is 1. The number of hydrogen-bond acceptors (Lipinski definition) is 3. The molecule has 0 aromatic heterocycles.